The van der Waals surface area contributed by atoms with E-state index < -0.39 is 0 Å². The summed E-state index contributed by atoms with van der Waals surface area (Å²) in [5, 5.41) is 7.12. The number of anilines is 1. The second-order valence-electron chi connectivity index (χ2n) is 5.38. The van der Waals surface area contributed by atoms with Crippen LogP contribution >= 0.6 is 0 Å². The number of hydrogen-bond acceptors (Lipinski definition) is 2. The smallest absolute Gasteiger partial charge is 0.0373 e. The molecule has 1 heterocycles. The van der Waals surface area contributed by atoms with Crippen molar-refractivity contribution < 1.29 is 0 Å². The van der Waals surface area contributed by atoms with Crippen LogP contribution in [0.5, 0.6) is 0 Å². The van der Waals surface area contributed by atoms with Crippen molar-refractivity contribution in [2.45, 2.75) is 51.1 Å². The average Bonchev–Trinajstić information content (AvgIpc) is 2.85. The summed E-state index contributed by atoms with van der Waals surface area (Å²) >= 11 is 0. The molecule has 0 radical (unpaired) electrons. The Hall–Kier alpha value is -1.02. The van der Waals surface area contributed by atoms with Crippen LogP contribution in [-0.2, 0) is 13.0 Å². The molecular weight excluding hydrogens is 208 g/mol. The molecule has 2 N–H and O–H groups in total. The van der Waals surface area contributed by atoms with Gasteiger partial charge in [-0.15, -0.1) is 0 Å². The lowest BCUT2D eigenvalue weighted by Gasteiger charge is -2.23. The molecule has 0 aromatic heterocycles. The third-order valence-electron chi connectivity index (χ3n) is 4.08. The van der Waals surface area contributed by atoms with Gasteiger partial charge in [-0.05, 0) is 36.5 Å². The summed E-state index contributed by atoms with van der Waals surface area (Å²) in [5.41, 5.74) is 4.28. The highest BCUT2D eigenvalue weighted by atomic mass is 14.9. The van der Waals surface area contributed by atoms with E-state index in [0.29, 0.717) is 0 Å². The van der Waals surface area contributed by atoms with Crippen LogP contribution in [0, 0.1) is 0 Å². The van der Waals surface area contributed by atoms with Gasteiger partial charge in [-0.25, -0.2) is 0 Å². The minimum Gasteiger partial charge on any atom is -0.384 e. The molecule has 1 aliphatic carbocycles. The van der Waals surface area contributed by atoms with Gasteiger partial charge in [-0.1, -0.05) is 31.4 Å². The molecule has 0 spiro atoms. The van der Waals surface area contributed by atoms with Crippen molar-refractivity contribution in [3.63, 3.8) is 0 Å². The number of nitrogens with one attached hydrogen (secondary N) is 2. The molecule has 1 saturated carbocycles. The minimum absolute atomic E-state index is 0.759. The molecule has 2 aliphatic rings. The fraction of sp³-hybridized carbons (Fsp3) is 0.600. The molecule has 0 bridgehead atoms. The highest BCUT2D eigenvalue weighted by Gasteiger charge is 2.13. The zero-order chi connectivity index (χ0) is 11.5. The van der Waals surface area contributed by atoms with Gasteiger partial charge >= 0.3 is 0 Å². The van der Waals surface area contributed by atoms with Crippen LogP contribution in [0.25, 0.3) is 0 Å². The third-order valence-corrected chi connectivity index (χ3v) is 4.08. The van der Waals surface area contributed by atoms with Gasteiger partial charge in [-0.3, -0.25) is 0 Å². The first-order chi connectivity index (χ1) is 8.42. The van der Waals surface area contributed by atoms with E-state index in [0.717, 1.165) is 19.1 Å². The van der Waals surface area contributed by atoms with Crippen LogP contribution in [0.15, 0.2) is 18.2 Å². The Morgan fingerprint density at radius 1 is 1.18 bits per heavy atom. The second kappa shape index (κ2) is 5.09. The van der Waals surface area contributed by atoms with Crippen LogP contribution in [0.2, 0.25) is 0 Å². The number of benzene rings is 1. The van der Waals surface area contributed by atoms with Gasteiger partial charge in [0.2, 0.25) is 0 Å². The predicted octanol–water partition coefficient (Wildman–Crippen LogP) is 3.08. The molecular formula is C15H22N2. The van der Waals surface area contributed by atoms with Gasteiger partial charge in [0.15, 0.2) is 0 Å². The Bertz CT molecular complexity index is 381. The lowest BCUT2D eigenvalue weighted by atomic mass is 9.95. The van der Waals surface area contributed by atoms with Crippen molar-refractivity contribution in [1.29, 1.82) is 0 Å². The zero-order valence-corrected chi connectivity index (χ0v) is 10.5. The lowest BCUT2D eigenvalue weighted by Crippen LogP contribution is -2.30. The molecule has 2 heteroatoms. The summed E-state index contributed by atoms with van der Waals surface area (Å²) < 4.78 is 0. The summed E-state index contributed by atoms with van der Waals surface area (Å²) in [4.78, 5) is 0. The lowest BCUT2D eigenvalue weighted by molar-refractivity contribution is 0.372. The molecule has 0 atom stereocenters. The van der Waals surface area contributed by atoms with E-state index in [2.05, 4.69) is 28.8 Å². The molecule has 1 fully saturated rings. The molecule has 3 rings (SSSR count). The summed E-state index contributed by atoms with van der Waals surface area (Å²) in [6.07, 6.45) is 8.17. The Balaban J connectivity index is 1.57. The van der Waals surface area contributed by atoms with Gasteiger partial charge in [-0.2, -0.15) is 0 Å². The first-order valence-corrected chi connectivity index (χ1v) is 7.01. The largest absolute Gasteiger partial charge is 0.384 e. The molecule has 0 saturated heterocycles. The molecule has 1 aromatic carbocycles. The maximum atomic E-state index is 3.71. The maximum absolute atomic E-state index is 3.71. The van der Waals surface area contributed by atoms with E-state index in [9.17, 15) is 0 Å². The van der Waals surface area contributed by atoms with E-state index in [1.165, 1.54) is 55.3 Å². The molecule has 0 amide bonds. The van der Waals surface area contributed by atoms with Crippen molar-refractivity contribution >= 4 is 5.69 Å². The van der Waals surface area contributed by atoms with Gasteiger partial charge in [0.25, 0.3) is 0 Å². The second-order valence-corrected chi connectivity index (χ2v) is 5.38. The van der Waals surface area contributed by atoms with E-state index in [4.69, 9.17) is 0 Å². The molecule has 17 heavy (non-hydrogen) atoms. The molecule has 1 aliphatic heterocycles. The highest BCUT2D eigenvalue weighted by Crippen LogP contribution is 2.23. The third kappa shape index (κ3) is 2.63. The van der Waals surface area contributed by atoms with E-state index in [-0.39, 0.29) is 0 Å². The topological polar surface area (TPSA) is 24.1 Å². The van der Waals surface area contributed by atoms with Gasteiger partial charge in [0, 0.05) is 24.8 Å². The van der Waals surface area contributed by atoms with Crippen molar-refractivity contribution in [2.24, 2.45) is 0 Å². The van der Waals surface area contributed by atoms with Gasteiger partial charge < -0.3 is 10.6 Å². The molecule has 92 valence electrons. The standard InChI is InChI=1S/C15H22N2/c1-2-4-14(5-3-1)17-11-12-6-7-15-13(10-12)8-9-16-15/h6-7,10,14,16-17H,1-5,8-9,11H2. The first-order valence-electron chi connectivity index (χ1n) is 7.01. The SMILES string of the molecule is c1cc2c(cc1CNC1CCCCC1)CCN2. The van der Waals surface area contributed by atoms with Crippen molar-refractivity contribution in [2.75, 3.05) is 11.9 Å². The Labute approximate surface area is 104 Å². The van der Waals surface area contributed by atoms with Crippen LogP contribution in [0.1, 0.15) is 43.2 Å². The van der Waals surface area contributed by atoms with E-state index in [1.807, 2.05) is 0 Å². The Morgan fingerprint density at radius 2 is 2.06 bits per heavy atom. The van der Waals surface area contributed by atoms with Crippen molar-refractivity contribution in [3.8, 4) is 0 Å². The van der Waals surface area contributed by atoms with E-state index >= 15 is 0 Å². The quantitative estimate of drug-likeness (QED) is 0.834. The van der Waals surface area contributed by atoms with Crippen molar-refractivity contribution in [3.05, 3.63) is 29.3 Å². The van der Waals surface area contributed by atoms with Crippen LogP contribution in [0.3, 0.4) is 0 Å². The van der Waals surface area contributed by atoms with E-state index in [1.54, 1.807) is 0 Å². The van der Waals surface area contributed by atoms with Gasteiger partial charge in [0.05, 0.1) is 0 Å². The minimum atomic E-state index is 0.759. The zero-order valence-electron chi connectivity index (χ0n) is 10.5. The molecule has 1 aromatic rings. The van der Waals surface area contributed by atoms with Crippen LogP contribution < -0.4 is 10.6 Å². The summed E-state index contributed by atoms with van der Waals surface area (Å²) in [6.45, 7) is 2.15. The highest BCUT2D eigenvalue weighted by molar-refractivity contribution is 5.56. The predicted molar refractivity (Wildman–Crippen MR) is 72.3 cm³/mol. The Morgan fingerprint density at radius 3 is 2.94 bits per heavy atom. The monoisotopic (exact) mass is 230 g/mol. The van der Waals surface area contributed by atoms with Gasteiger partial charge in [0.1, 0.15) is 0 Å². The fourth-order valence-corrected chi connectivity index (χ4v) is 3.04. The first kappa shape index (κ1) is 11.1. The Kier molecular flexibility index (Phi) is 3.32. The van der Waals surface area contributed by atoms with Crippen LogP contribution in [0.4, 0.5) is 5.69 Å². The van der Waals surface area contributed by atoms with Crippen molar-refractivity contribution in [1.82, 2.24) is 5.32 Å². The van der Waals surface area contributed by atoms with Crippen LogP contribution in [-0.4, -0.2) is 12.6 Å². The number of rotatable bonds is 3. The average molecular weight is 230 g/mol. The summed E-state index contributed by atoms with van der Waals surface area (Å²) in [5.74, 6) is 0. The summed E-state index contributed by atoms with van der Waals surface area (Å²) in [7, 11) is 0. The summed E-state index contributed by atoms with van der Waals surface area (Å²) in [6, 6.07) is 7.62. The maximum Gasteiger partial charge on any atom is 0.0373 e. The normalized spacial score (nSPS) is 20.0. The molecule has 0 unspecified atom stereocenters. The fourth-order valence-electron chi connectivity index (χ4n) is 3.04. The number of fused-ring (bicyclic) bond motifs is 1. The number of hydrogen-bond donors (Lipinski definition) is 2. The molecule has 2 nitrogen and oxygen atoms in total.